The van der Waals surface area contributed by atoms with Crippen molar-refractivity contribution in [3.8, 4) is 28.6 Å². The second kappa shape index (κ2) is 6.68. The second-order valence-electron chi connectivity index (χ2n) is 5.70. The van der Waals surface area contributed by atoms with Crippen LogP contribution in [0.2, 0.25) is 0 Å². The van der Waals surface area contributed by atoms with Gasteiger partial charge in [0, 0.05) is 11.6 Å². The van der Waals surface area contributed by atoms with Crippen LogP contribution in [0.15, 0.2) is 35.1 Å². The number of ether oxygens (including phenoxy) is 2. The topological polar surface area (TPSA) is 122 Å². The first-order chi connectivity index (χ1) is 12.0. The molecule has 25 heavy (non-hydrogen) atoms. The fourth-order valence-electron chi connectivity index (χ4n) is 2.43. The van der Waals surface area contributed by atoms with E-state index < -0.39 is 0 Å². The van der Waals surface area contributed by atoms with Crippen LogP contribution in [0.5, 0.6) is 17.2 Å². The zero-order valence-electron chi connectivity index (χ0n) is 14.2. The van der Waals surface area contributed by atoms with Gasteiger partial charge in [-0.25, -0.2) is 4.98 Å². The van der Waals surface area contributed by atoms with Gasteiger partial charge in [-0.3, -0.25) is 0 Å². The molecule has 0 aliphatic rings. The molecule has 3 aromatic rings. The van der Waals surface area contributed by atoms with Crippen molar-refractivity contribution in [3.63, 3.8) is 0 Å². The van der Waals surface area contributed by atoms with E-state index >= 15 is 0 Å². The molecule has 0 aliphatic heterocycles. The highest BCUT2D eigenvalue weighted by molar-refractivity contribution is 5.70. The second-order valence-corrected chi connectivity index (χ2v) is 5.70. The van der Waals surface area contributed by atoms with Crippen molar-refractivity contribution in [2.24, 2.45) is 0 Å². The maximum absolute atomic E-state index is 5.97. The molecule has 3 rings (SSSR count). The minimum atomic E-state index is 0.0889. The largest absolute Gasteiger partial charge is 0.496 e. The molecular formula is C17H19N5O3. The summed E-state index contributed by atoms with van der Waals surface area (Å²) in [5, 5.41) is 3.74. The van der Waals surface area contributed by atoms with E-state index in [1.165, 1.54) is 6.20 Å². The summed E-state index contributed by atoms with van der Waals surface area (Å²) in [7, 11) is 1.60. The highest BCUT2D eigenvalue weighted by atomic mass is 16.5. The van der Waals surface area contributed by atoms with Gasteiger partial charge in [-0.05, 0) is 18.1 Å². The number of nitrogens with two attached hydrogens (primary N) is 2. The number of methoxy groups -OCH3 is 1. The van der Waals surface area contributed by atoms with Crippen LogP contribution in [-0.4, -0.2) is 22.2 Å². The van der Waals surface area contributed by atoms with Crippen molar-refractivity contribution in [3.05, 3.63) is 36.2 Å². The Morgan fingerprint density at radius 2 is 1.92 bits per heavy atom. The normalized spacial score (nSPS) is 10.9. The molecule has 0 atom stereocenters. The van der Waals surface area contributed by atoms with Crippen LogP contribution in [0.3, 0.4) is 0 Å². The average Bonchev–Trinajstić information content (AvgIpc) is 3.11. The van der Waals surface area contributed by atoms with E-state index in [0.717, 1.165) is 5.56 Å². The van der Waals surface area contributed by atoms with Gasteiger partial charge in [0.15, 0.2) is 17.3 Å². The Balaban J connectivity index is 2.11. The van der Waals surface area contributed by atoms with Gasteiger partial charge in [-0.2, -0.15) is 4.98 Å². The van der Waals surface area contributed by atoms with Gasteiger partial charge in [-0.15, -0.1) is 0 Å². The van der Waals surface area contributed by atoms with Crippen LogP contribution in [0.1, 0.15) is 25.3 Å². The molecule has 0 unspecified atom stereocenters. The van der Waals surface area contributed by atoms with E-state index in [4.69, 9.17) is 25.5 Å². The number of anilines is 2. The van der Waals surface area contributed by atoms with Gasteiger partial charge >= 0.3 is 0 Å². The highest BCUT2D eigenvalue weighted by Crippen LogP contribution is 2.41. The van der Waals surface area contributed by atoms with Gasteiger partial charge in [0.25, 0.3) is 0 Å². The Morgan fingerprint density at radius 3 is 2.52 bits per heavy atom. The van der Waals surface area contributed by atoms with Gasteiger partial charge in [-0.1, -0.05) is 19.0 Å². The number of hydrogen-bond donors (Lipinski definition) is 2. The number of benzene rings is 1. The number of rotatable bonds is 5. The maximum Gasteiger partial charge on any atom is 0.222 e. The lowest BCUT2D eigenvalue weighted by molar-refractivity contribution is 0.402. The van der Waals surface area contributed by atoms with E-state index in [0.29, 0.717) is 28.6 Å². The molecule has 0 radical (unpaired) electrons. The third-order valence-corrected chi connectivity index (χ3v) is 3.68. The van der Waals surface area contributed by atoms with Crippen LogP contribution in [-0.2, 0) is 0 Å². The fraction of sp³-hybridized carbons (Fsp3) is 0.235. The maximum atomic E-state index is 5.97. The molecular weight excluding hydrogens is 322 g/mol. The zero-order chi connectivity index (χ0) is 18.0. The molecule has 0 spiro atoms. The van der Waals surface area contributed by atoms with E-state index in [9.17, 15) is 0 Å². The summed E-state index contributed by atoms with van der Waals surface area (Å²) in [6.45, 7) is 4.11. The van der Waals surface area contributed by atoms with Crippen molar-refractivity contribution >= 4 is 11.8 Å². The summed E-state index contributed by atoms with van der Waals surface area (Å²) in [6.07, 6.45) is 3.01. The van der Waals surface area contributed by atoms with Crippen LogP contribution in [0.25, 0.3) is 11.3 Å². The minimum Gasteiger partial charge on any atom is -0.496 e. The van der Waals surface area contributed by atoms with Gasteiger partial charge in [0.05, 0.1) is 25.1 Å². The monoisotopic (exact) mass is 341 g/mol. The van der Waals surface area contributed by atoms with Crippen molar-refractivity contribution in [1.82, 2.24) is 15.1 Å². The lowest BCUT2D eigenvalue weighted by Crippen LogP contribution is -2.03. The first-order valence-corrected chi connectivity index (χ1v) is 7.68. The van der Waals surface area contributed by atoms with Crippen molar-refractivity contribution in [1.29, 1.82) is 0 Å². The van der Waals surface area contributed by atoms with E-state index in [1.807, 2.05) is 12.1 Å². The van der Waals surface area contributed by atoms with Crippen LogP contribution in [0, 0.1) is 0 Å². The molecule has 8 heteroatoms. The van der Waals surface area contributed by atoms with E-state index in [2.05, 4.69) is 29.0 Å². The van der Waals surface area contributed by atoms with Crippen molar-refractivity contribution in [2.45, 2.75) is 19.8 Å². The molecule has 0 amide bonds. The molecule has 0 aliphatic carbocycles. The molecule has 8 nitrogen and oxygen atoms in total. The number of aromatic nitrogens is 3. The molecule has 130 valence electrons. The first-order valence-electron chi connectivity index (χ1n) is 7.68. The van der Waals surface area contributed by atoms with Gasteiger partial charge in [0.2, 0.25) is 5.95 Å². The molecule has 0 saturated heterocycles. The van der Waals surface area contributed by atoms with E-state index in [1.54, 1.807) is 19.4 Å². The number of nitrogen functional groups attached to an aromatic ring is 2. The molecule has 0 saturated carbocycles. The predicted octanol–water partition coefficient (Wildman–Crippen LogP) is 3.22. The fourth-order valence-corrected chi connectivity index (χ4v) is 2.43. The standard InChI is InChI=1S/C17H19N5O3/c1-9(2)10-6-13(23-3)11(12-4-5-21-25-12)7-14(10)24-15-8-20-17(19)22-16(15)18/h4-9H,1-3H3,(H4,18,19,20,22). The van der Waals surface area contributed by atoms with Crippen LogP contribution >= 0.6 is 0 Å². The molecule has 2 aromatic heterocycles. The summed E-state index contributed by atoms with van der Waals surface area (Å²) in [6, 6.07) is 5.48. The summed E-state index contributed by atoms with van der Waals surface area (Å²) in [5.41, 5.74) is 13.1. The third kappa shape index (κ3) is 3.32. The highest BCUT2D eigenvalue weighted by Gasteiger charge is 2.19. The van der Waals surface area contributed by atoms with Gasteiger partial charge in [0.1, 0.15) is 11.5 Å². The van der Waals surface area contributed by atoms with Gasteiger partial charge < -0.3 is 25.5 Å². The van der Waals surface area contributed by atoms with Crippen molar-refractivity contribution < 1.29 is 14.0 Å². The van der Waals surface area contributed by atoms with Crippen LogP contribution < -0.4 is 20.9 Å². The molecule has 4 N–H and O–H groups in total. The summed E-state index contributed by atoms with van der Waals surface area (Å²) in [5.74, 6) is 2.59. The predicted molar refractivity (Wildman–Crippen MR) is 93.5 cm³/mol. The zero-order valence-corrected chi connectivity index (χ0v) is 14.2. The molecule has 2 heterocycles. The Morgan fingerprint density at radius 1 is 1.12 bits per heavy atom. The quantitative estimate of drug-likeness (QED) is 0.725. The average molecular weight is 341 g/mol. The lowest BCUT2D eigenvalue weighted by Gasteiger charge is -2.17. The van der Waals surface area contributed by atoms with E-state index in [-0.39, 0.29) is 17.7 Å². The van der Waals surface area contributed by atoms with Crippen LogP contribution in [0.4, 0.5) is 11.8 Å². The summed E-state index contributed by atoms with van der Waals surface area (Å²) in [4.78, 5) is 7.84. The minimum absolute atomic E-state index is 0.0889. The Kier molecular flexibility index (Phi) is 4.42. The molecule has 0 bridgehead atoms. The number of hydrogen-bond acceptors (Lipinski definition) is 8. The lowest BCUT2D eigenvalue weighted by atomic mass is 9.98. The Bertz CT molecular complexity index is 878. The molecule has 0 fully saturated rings. The summed E-state index contributed by atoms with van der Waals surface area (Å²) >= 11 is 0. The Labute approximate surface area is 144 Å². The van der Waals surface area contributed by atoms with Crippen molar-refractivity contribution in [2.75, 3.05) is 18.6 Å². The molecule has 1 aromatic carbocycles. The third-order valence-electron chi connectivity index (χ3n) is 3.68. The first kappa shape index (κ1) is 16.6. The number of nitrogens with zero attached hydrogens (tertiary/aromatic N) is 3. The smallest absolute Gasteiger partial charge is 0.222 e. The summed E-state index contributed by atoms with van der Waals surface area (Å²) < 4.78 is 16.7. The SMILES string of the molecule is COc1cc(C(C)C)c(Oc2cnc(N)nc2N)cc1-c1ccno1. The Hall–Kier alpha value is -3.29.